The molecule has 2 heterocycles. The number of carbonyl (C=O) groups is 2. The van der Waals surface area contributed by atoms with E-state index in [9.17, 15) is 18.4 Å². The van der Waals surface area contributed by atoms with Crippen molar-refractivity contribution in [3.05, 3.63) is 83.6 Å². The molecule has 3 aromatic rings. The van der Waals surface area contributed by atoms with Gasteiger partial charge < -0.3 is 24.6 Å². The van der Waals surface area contributed by atoms with E-state index >= 15 is 0 Å². The summed E-state index contributed by atoms with van der Waals surface area (Å²) in [6.45, 7) is -0.710. The highest BCUT2D eigenvalue weighted by molar-refractivity contribution is 5.99. The molecule has 1 aromatic heterocycles. The molecule has 1 fully saturated rings. The normalized spacial score (nSPS) is 13.4. The van der Waals surface area contributed by atoms with E-state index in [1.54, 1.807) is 30.3 Å². The zero-order valence-corrected chi connectivity index (χ0v) is 19.7. The number of amides is 2. The van der Waals surface area contributed by atoms with E-state index in [4.69, 9.17) is 4.74 Å². The molecule has 2 aromatic carbocycles. The minimum atomic E-state index is -2.92. The van der Waals surface area contributed by atoms with Crippen LogP contribution in [0, 0.1) is 0 Å². The van der Waals surface area contributed by atoms with Crippen LogP contribution in [0.4, 0.5) is 14.6 Å². The van der Waals surface area contributed by atoms with Gasteiger partial charge in [-0.3, -0.25) is 9.59 Å². The number of nitrogens with zero attached hydrogens (tertiary/aromatic N) is 3. The molecule has 0 radical (unpaired) electrons. The first-order chi connectivity index (χ1) is 17.4. The molecule has 0 bridgehead atoms. The fourth-order valence-corrected chi connectivity index (χ4v) is 3.93. The Hall–Kier alpha value is -4.21. The highest BCUT2D eigenvalue weighted by atomic mass is 19.3. The lowest BCUT2D eigenvalue weighted by molar-refractivity contribution is -0.0498. The third-order valence-corrected chi connectivity index (χ3v) is 5.84. The molecular formula is C26H26F2N4O4. The van der Waals surface area contributed by atoms with Crippen molar-refractivity contribution >= 4 is 17.6 Å². The van der Waals surface area contributed by atoms with Gasteiger partial charge in [-0.2, -0.15) is 8.78 Å². The number of aromatic nitrogens is 1. The average Bonchev–Trinajstić information content (AvgIpc) is 2.92. The largest absolute Gasteiger partial charge is 0.497 e. The van der Waals surface area contributed by atoms with Crippen LogP contribution < -0.4 is 19.7 Å². The van der Waals surface area contributed by atoms with Gasteiger partial charge >= 0.3 is 6.61 Å². The number of ether oxygens (including phenoxy) is 2. The SMILES string of the molecule is COc1ccc(CNC(=O)c2cccnc2N2CCN(C(=O)c3ccc(OC(F)F)cc3)CC2)cc1. The van der Waals surface area contributed by atoms with Gasteiger partial charge in [-0.1, -0.05) is 12.1 Å². The Morgan fingerprint density at radius 3 is 2.28 bits per heavy atom. The van der Waals surface area contributed by atoms with E-state index in [2.05, 4.69) is 15.0 Å². The Morgan fingerprint density at radius 1 is 0.972 bits per heavy atom. The number of nitrogens with one attached hydrogen (secondary N) is 1. The number of carbonyl (C=O) groups excluding carboxylic acids is 2. The lowest BCUT2D eigenvalue weighted by Crippen LogP contribution is -2.49. The fourth-order valence-electron chi connectivity index (χ4n) is 3.93. The Morgan fingerprint density at radius 2 is 1.64 bits per heavy atom. The summed E-state index contributed by atoms with van der Waals surface area (Å²) in [4.78, 5) is 33.9. The summed E-state index contributed by atoms with van der Waals surface area (Å²) in [5, 5.41) is 2.93. The number of piperazine rings is 1. The van der Waals surface area contributed by atoms with E-state index in [-0.39, 0.29) is 17.6 Å². The molecule has 2 amide bonds. The number of benzene rings is 2. The number of alkyl halides is 2. The van der Waals surface area contributed by atoms with E-state index in [0.717, 1.165) is 11.3 Å². The van der Waals surface area contributed by atoms with Crippen molar-refractivity contribution in [2.75, 3.05) is 38.2 Å². The third-order valence-electron chi connectivity index (χ3n) is 5.84. The fraction of sp³-hybridized carbons (Fsp3) is 0.269. The van der Waals surface area contributed by atoms with E-state index in [1.165, 1.54) is 24.3 Å². The van der Waals surface area contributed by atoms with Gasteiger partial charge in [0.2, 0.25) is 0 Å². The van der Waals surface area contributed by atoms with Gasteiger partial charge in [-0.25, -0.2) is 4.98 Å². The number of hydrogen-bond acceptors (Lipinski definition) is 6. The Kier molecular flexibility index (Phi) is 7.94. The van der Waals surface area contributed by atoms with Crippen LogP contribution in [0.15, 0.2) is 66.9 Å². The van der Waals surface area contributed by atoms with Crippen molar-refractivity contribution in [3.8, 4) is 11.5 Å². The number of rotatable bonds is 8. The first-order valence-electron chi connectivity index (χ1n) is 11.4. The van der Waals surface area contributed by atoms with Crippen molar-refractivity contribution in [2.45, 2.75) is 13.2 Å². The summed E-state index contributed by atoms with van der Waals surface area (Å²) in [6.07, 6.45) is 1.64. The number of hydrogen-bond donors (Lipinski definition) is 1. The van der Waals surface area contributed by atoms with Crippen molar-refractivity contribution in [3.63, 3.8) is 0 Å². The summed E-state index contributed by atoms with van der Waals surface area (Å²) < 4.78 is 34.2. The second kappa shape index (κ2) is 11.5. The zero-order valence-electron chi connectivity index (χ0n) is 19.7. The van der Waals surface area contributed by atoms with E-state index in [1.807, 2.05) is 29.2 Å². The predicted octanol–water partition coefficient (Wildman–Crippen LogP) is 3.58. The second-order valence-electron chi connectivity index (χ2n) is 8.09. The smallest absolute Gasteiger partial charge is 0.387 e. The lowest BCUT2D eigenvalue weighted by atomic mass is 10.1. The van der Waals surface area contributed by atoms with Crippen LogP contribution in [0.5, 0.6) is 11.5 Å². The first kappa shape index (κ1) is 24.9. The highest BCUT2D eigenvalue weighted by Crippen LogP contribution is 2.21. The Labute approximate surface area is 207 Å². The number of methoxy groups -OCH3 is 1. The van der Waals surface area contributed by atoms with Crippen LogP contribution in [0.1, 0.15) is 26.3 Å². The van der Waals surface area contributed by atoms with Crippen molar-refractivity contribution in [1.82, 2.24) is 15.2 Å². The van der Waals surface area contributed by atoms with E-state index in [0.29, 0.717) is 49.7 Å². The van der Waals surface area contributed by atoms with E-state index < -0.39 is 6.61 Å². The highest BCUT2D eigenvalue weighted by Gasteiger charge is 2.25. The van der Waals surface area contributed by atoms with Crippen molar-refractivity contribution < 1.29 is 27.8 Å². The summed E-state index contributed by atoms with van der Waals surface area (Å²) >= 11 is 0. The van der Waals surface area contributed by atoms with Crippen LogP contribution in [-0.2, 0) is 6.54 Å². The molecule has 188 valence electrons. The quantitative estimate of drug-likeness (QED) is 0.513. The minimum absolute atomic E-state index is 0.000632. The molecule has 0 aliphatic carbocycles. The number of halogens is 2. The van der Waals surface area contributed by atoms with Crippen LogP contribution in [0.3, 0.4) is 0 Å². The van der Waals surface area contributed by atoms with Gasteiger partial charge in [0.05, 0.1) is 12.7 Å². The summed E-state index contributed by atoms with van der Waals surface area (Å²) in [5.74, 6) is 0.870. The average molecular weight is 497 g/mol. The molecule has 0 spiro atoms. The van der Waals surface area contributed by atoms with Crippen LogP contribution >= 0.6 is 0 Å². The zero-order chi connectivity index (χ0) is 25.5. The number of anilines is 1. The molecule has 0 atom stereocenters. The van der Waals surface area contributed by atoms with Gasteiger partial charge in [-0.15, -0.1) is 0 Å². The maximum atomic E-state index is 12.9. The maximum Gasteiger partial charge on any atom is 0.387 e. The summed E-state index contributed by atoms with van der Waals surface area (Å²) in [5.41, 5.74) is 1.79. The van der Waals surface area contributed by atoms with Crippen molar-refractivity contribution in [1.29, 1.82) is 0 Å². The van der Waals surface area contributed by atoms with Crippen molar-refractivity contribution in [2.24, 2.45) is 0 Å². The predicted molar refractivity (Wildman–Crippen MR) is 130 cm³/mol. The topological polar surface area (TPSA) is 84.0 Å². The Bertz CT molecular complexity index is 1180. The first-order valence-corrected chi connectivity index (χ1v) is 11.4. The minimum Gasteiger partial charge on any atom is -0.497 e. The molecule has 1 N–H and O–H groups in total. The molecule has 0 saturated carbocycles. The van der Waals surface area contributed by atoms with Crippen LogP contribution in [-0.4, -0.2) is 61.6 Å². The van der Waals surface area contributed by atoms with Gasteiger partial charge in [0.25, 0.3) is 11.8 Å². The molecular weight excluding hydrogens is 470 g/mol. The summed E-state index contributed by atoms with van der Waals surface area (Å²) in [7, 11) is 1.60. The van der Waals surface area contributed by atoms with Gasteiger partial charge in [-0.05, 0) is 54.1 Å². The molecule has 1 saturated heterocycles. The third kappa shape index (κ3) is 6.07. The lowest BCUT2D eigenvalue weighted by Gasteiger charge is -2.36. The Balaban J connectivity index is 1.35. The van der Waals surface area contributed by atoms with Crippen LogP contribution in [0.2, 0.25) is 0 Å². The maximum absolute atomic E-state index is 12.9. The van der Waals surface area contributed by atoms with Gasteiger partial charge in [0.1, 0.15) is 17.3 Å². The molecule has 36 heavy (non-hydrogen) atoms. The molecule has 10 heteroatoms. The van der Waals surface area contributed by atoms with Gasteiger partial charge in [0, 0.05) is 44.5 Å². The molecule has 8 nitrogen and oxygen atoms in total. The molecule has 4 rings (SSSR count). The number of pyridine rings is 1. The standard InChI is InChI=1S/C26H26F2N4O4/c1-35-20-8-4-18(5-9-20)17-30-24(33)22-3-2-12-29-23(22)31-13-15-32(16-14-31)25(34)19-6-10-21(11-7-19)36-26(27)28/h2-12,26H,13-17H2,1H3,(H,30,33). The second-order valence-corrected chi connectivity index (χ2v) is 8.09. The van der Waals surface area contributed by atoms with Crippen LogP contribution in [0.25, 0.3) is 0 Å². The van der Waals surface area contributed by atoms with Gasteiger partial charge in [0.15, 0.2) is 0 Å². The summed E-state index contributed by atoms with van der Waals surface area (Å²) in [6, 6.07) is 16.5. The monoisotopic (exact) mass is 496 g/mol. The molecule has 0 unspecified atom stereocenters. The molecule has 1 aliphatic heterocycles. The molecule has 1 aliphatic rings.